The van der Waals surface area contributed by atoms with E-state index in [1.54, 1.807) is 0 Å². The summed E-state index contributed by atoms with van der Waals surface area (Å²) in [6.45, 7) is 0. The molecule has 1 rings (SSSR count). The van der Waals surface area contributed by atoms with Gasteiger partial charge in [0.25, 0.3) is 0 Å². The zero-order chi connectivity index (χ0) is 5.98. The molecular formula is C4H6Br2O2. The van der Waals surface area contributed by atoms with Crippen molar-refractivity contribution in [2.24, 2.45) is 0 Å². The summed E-state index contributed by atoms with van der Waals surface area (Å²) in [5.41, 5.74) is 0. The Hall–Kier alpha value is 0.880. The molecule has 2 nitrogen and oxygen atoms in total. The van der Waals surface area contributed by atoms with Gasteiger partial charge in [-0.25, -0.2) is 9.78 Å². The van der Waals surface area contributed by atoms with Crippen molar-refractivity contribution in [3.63, 3.8) is 0 Å². The van der Waals surface area contributed by atoms with Crippen molar-refractivity contribution in [3.8, 4) is 0 Å². The molecule has 4 heteroatoms. The minimum Gasteiger partial charge on any atom is -0.221 e. The summed E-state index contributed by atoms with van der Waals surface area (Å²) in [6.07, 6.45) is 1.99. The topological polar surface area (TPSA) is 18.5 Å². The highest BCUT2D eigenvalue weighted by atomic mass is 79.9. The molecule has 1 heterocycles. The van der Waals surface area contributed by atoms with Gasteiger partial charge in [0.15, 0.2) is 0 Å². The van der Waals surface area contributed by atoms with E-state index in [4.69, 9.17) is 9.78 Å². The number of halogens is 2. The quantitative estimate of drug-likeness (QED) is 0.481. The van der Waals surface area contributed by atoms with E-state index in [-0.39, 0.29) is 10.0 Å². The van der Waals surface area contributed by atoms with Gasteiger partial charge in [-0.05, 0) is 12.8 Å². The summed E-state index contributed by atoms with van der Waals surface area (Å²) < 4.78 is 0. The molecule has 2 unspecified atom stereocenters. The van der Waals surface area contributed by atoms with Gasteiger partial charge in [-0.1, -0.05) is 31.9 Å². The monoisotopic (exact) mass is 244 g/mol. The highest BCUT2D eigenvalue weighted by molar-refractivity contribution is 9.09. The Bertz CT molecular complexity index is 60.4. The summed E-state index contributed by atoms with van der Waals surface area (Å²) in [7, 11) is 0. The van der Waals surface area contributed by atoms with Crippen LogP contribution in [0.15, 0.2) is 0 Å². The Balaban J connectivity index is 2.19. The van der Waals surface area contributed by atoms with E-state index in [2.05, 4.69) is 31.9 Å². The maximum Gasteiger partial charge on any atom is 0.147 e. The molecule has 8 heavy (non-hydrogen) atoms. The van der Waals surface area contributed by atoms with Crippen LogP contribution >= 0.6 is 31.9 Å². The molecule has 0 amide bonds. The second kappa shape index (κ2) is 3.15. The maximum atomic E-state index is 4.76. The van der Waals surface area contributed by atoms with Gasteiger partial charge in [0.1, 0.15) is 10.0 Å². The van der Waals surface area contributed by atoms with Crippen LogP contribution in [-0.2, 0) is 9.78 Å². The molecule has 1 fully saturated rings. The first-order valence-electron chi connectivity index (χ1n) is 2.39. The fraction of sp³-hybridized carbons (Fsp3) is 1.00. The van der Waals surface area contributed by atoms with E-state index < -0.39 is 0 Å². The summed E-state index contributed by atoms with van der Waals surface area (Å²) in [6, 6.07) is 0. The van der Waals surface area contributed by atoms with Gasteiger partial charge in [-0.3, -0.25) is 0 Å². The Labute approximate surface area is 64.7 Å². The van der Waals surface area contributed by atoms with E-state index in [1.807, 2.05) is 0 Å². The van der Waals surface area contributed by atoms with Crippen molar-refractivity contribution in [3.05, 3.63) is 0 Å². The first kappa shape index (κ1) is 6.99. The van der Waals surface area contributed by atoms with Gasteiger partial charge in [0.2, 0.25) is 0 Å². The van der Waals surface area contributed by atoms with Crippen LogP contribution in [-0.4, -0.2) is 10.0 Å². The van der Waals surface area contributed by atoms with E-state index in [9.17, 15) is 0 Å². The minimum atomic E-state index is 0.0799. The van der Waals surface area contributed by atoms with Gasteiger partial charge in [-0.15, -0.1) is 0 Å². The molecule has 0 aromatic carbocycles. The third-order valence-corrected chi connectivity index (χ3v) is 2.11. The molecule has 48 valence electrons. The molecule has 0 saturated carbocycles. The van der Waals surface area contributed by atoms with Crippen molar-refractivity contribution in [1.29, 1.82) is 0 Å². The fourth-order valence-corrected chi connectivity index (χ4v) is 1.18. The molecule has 0 aliphatic carbocycles. The number of alkyl halides is 2. The number of hydrogen-bond acceptors (Lipinski definition) is 2. The number of hydrogen-bond donors (Lipinski definition) is 0. The van der Waals surface area contributed by atoms with E-state index in [0.717, 1.165) is 12.8 Å². The molecule has 1 aliphatic heterocycles. The molecule has 0 radical (unpaired) electrons. The lowest BCUT2D eigenvalue weighted by Gasteiger charge is -2.19. The largest absolute Gasteiger partial charge is 0.221 e. The van der Waals surface area contributed by atoms with Gasteiger partial charge < -0.3 is 0 Å². The second-order valence-electron chi connectivity index (χ2n) is 1.59. The molecule has 1 aliphatic rings. The summed E-state index contributed by atoms with van der Waals surface area (Å²) >= 11 is 6.50. The van der Waals surface area contributed by atoms with Crippen molar-refractivity contribution in [2.45, 2.75) is 22.9 Å². The van der Waals surface area contributed by atoms with Crippen LogP contribution in [0.2, 0.25) is 0 Å². The molecule has 0 N–H and O–H groups in total. The Morgan fingerprint density at radius 1 is 1.00 bits per heavy atom. The van der Waals surface area contributed by atoms with Crippen LogP contribution in [0.1, 0.15) is 12.8 Å². The lowest BCUT2D eigenvalue weighted by atomic mass is 10.3. The Kier molecular flexibility index (Phi) is 2.75. The average molecular weight is 246 g/mol. The molecule has 0 spiro atoms. The van der Waals surface area contributed by atoms with E-state index in [1.165, 1.54) is 0 Å². The molecule has 0 bridgehead atoms. The Morgan fingerprint density at radius 2 is 1.38 bits per heavy atom. The zero-order valence-electron chi connectivity index (χ0n) is 4.14. The lowest BCUT2D eigenvalue weighted by molar-refractivity contribution is -0.330. The van der Waals surface area contributed by atoms with Crippen LogP contribution in [0.4, 0.5) is 0 Å². The van der Waals surface area contributed by atoms with Gasteiger partial charge in [-0.2, -0.15) is 0 Å². The fourth-order valence-electron chi connectivity index (χ4n) is 0.479. The highest BCUT2D eigenvalue weighted by Crippen LogP contribution is 2.23. The molecule has 2 atom stereocenters. The maximum absolute atomic E-state index is 4.76. The highest BCUT2D eigenvalue weighted by Gasteiger charge is 2.17. The van der Waals surface area contributed by atoms with Crippen LogP contribution in [0.5, 0.6) is 0 Å². The van der Waals surface area contributed by atoms with Gasteiger partial charge in [0, 0.05) is 0 Å². The lowest BCUT2D eigenvalue weighted by Crippen LogP contribution is -2.18. The predicted octanol–water partition coefficient (Wildman–Crippen LogP) is 2.17. The predicted molar refractivity (Wildman–Crippen MR) is 36.8 cm³/mol. The first-order valence-corrected chi connectivity index (χ1v) is 4.22. The first-order chi connectivity index (χ1) is 3.79. The van der Waals surface area contributed by atoms with E-state index in [0.29, 0.717) is 0 Å². The van der Waals surface area contributed by atoms with Crippen LogP contribution in [0.25, 0.3) is 0 Å². The van der Waals surface area contributed by atoms with Gasteiger partial charge >= 0.3 is 0 Å². The average Bonchev–Trinajstić information content (AvgIpc) is 1.77. The summed E-state index contributed by atoms with van der Waals surface area (Å²) in [5.74, 6) is 0. The van der Waals surface area contributed by atoms with Gasteiger partial charge in [0.05, 0.1) is 0 Å². The molecule has 0 aromatic heterocycles. The third kappa shape index (κ3) is 2.01. The van der Waals surface area contributed by atoms with Crippen molar-refractivity contribution < 1.29 is 9.78 Å². The third-order valence-electron chi connectivity index (χ3n) is 0.885. The zero-order valence-corrected chi connectivity index (χ0v) is 7.31. The number of rotatable bonds is 0. The molecular weight excluding hydrogens is 240 g/mol. The SMILES string of the molecule is BrC1CCC(Br)OO1. The minimum absolute atomic E-state index is 0.0799. The van der Waals surface area contributed by atoms with E-state index >= 15 is 0 Å². The second-order valence-corrected chi connectivity index (χ2v) is 3.63. The van der Waals surface area contributed by atoms with Crippen LogP contribution in [0, 0.1) is 0 Å². The molecule has 1 saturated heterocycles. The van der Waals surface area contributed by atoms with Crippen molar-refractivity contribution in [2.75, 3.05) is 0 Å². The molecule has 0 aromatic rings. The smallest absolute Gasteiger partial charge is 0.147 e. The van der Waals surface area contributed by atoms with Crippen LogP contribution in [0.3, 0.4) is 0 Å². The van der Waals surface area contributed by atoms with Crippen molar-refractivity contribution in [1.82, 2.24) is 0 Å². The van der Waals surface area contributed by atoms with Crippen LogP contribution < -0.4 is 0 Å². The standard InChI is InChI=1S/C4H6Br2O2/c5-3-1-2-4(6)8-7-3/h3-4H,1-2H2. The summed E-state index contributed by atoms with van der Waals surface area (Å²) in [4.78, 5) is 9.52. The van der Waals surface area contributed by atoms with Crippen molar-refractivity contribution >= 4 is 31.9 Å². The Morgan fingerprint density at radius 3 is 1.62 bits per heavy atom. The normalized spacial score (nSPS) is 39.8. The summed E-state index contributed by atoms with van der Waals surface area (Å²) in [5, 5.41) is 0.160.